The number of allylic oxidation sites excluding steroid dienone is 4. The van der Waals surface area contributed by atoms with Gasteiger partial charge in [-0.2, -0.15) is 0 Å². The largest absolute Gasteiger partial charge is 0.398 e. The van der Waals surface area contributed by atoms with Crippen LogP contribution in [0.5, 0.6) is 0 Å². The molecule has 0 aromatic heterocycles. The van der Waals surface area contributed by atoms with E-state index < -0.39 is 10.9 Å². The van der Waals surface area contributed by atoms with Crippen LogP contribution in [0.3, 0.4) is 0 Å². The second kappa shape index (κ2) is 10.5. The van der Waals surface area contributed by atoms with Gasteiger partial charge in [-0.1, -0.05) is 103 Å². The first-order valence-electron chi connectivity index (χ1n) is 12.4. The lowest BCUT2D eigenvalue weighted by atomic mass is 9.88. The number of thiol groups is 1. The average Bonchev–Trinajstić information content (AvgIpc) is 2.93. The van der Waals surface area contributed by atoms with Crippen LogP contribution in [0.1, 0.15) is 35.1 Å². The number of rotatable bonds is 6. The predicted octanol–water partition coefficient (Wildman–Crippen LogP) is 9.17. The Morgan fingerprint density at radius 2 is 1.31 bits per heavy atom. The van der Waals surface area contributed by atoms with E-state index in [0.717, 1.165) is 23.4 Å². The molecule has 0 heterocycles. The number of nitrogen functional groups attached to an aromatic ring is 1. The van der Waals surface area contributed by atoms with Crippen molar-refractivity contribution >= 4 is 32.6 Å². The number of anilines is 1. The van der Waals surface area contributed by atoms with Crippen LogP contribution < -0.4 is 5.73 Å². The van der Waals surface area contributed by atoms with Crippen LogP contribution in [0, 0.1) is 6.92 Å². The zero-order chi connectivity index (χ0) is 25.1. The summed E-state index contributed by atoms with van der Waals surface area (Å²) in [6.07, 6.45) is 8.96. The molecule has 4 aromatic rings. The highest BCUT2D eigenvalue weighted by molar-refractivity contribution is 8.24. The lowest BCUT2D eigenvalue weighted by Crippen LogP contribution is -1.95. The van der Waals surface area contributed by atoms with Gasteiger partial charge in [-0.15, -0.1) is 0 Å². The molecule has 0 spiro atoms. The van der Waals surface area contributed by atoms with E-state index in [9.17, 15) is 0 Å². The Hall–Kier alpha value is -3.75. The van der Waals surface area contributed by atoms with Crippen molar-refractivity contribution in [3.05, 3.63) is 138 Å². The molecule has 2 heteroatoms. The van der Waals surface area contributed by atoms with E-state index in [1.807, 2.05) is 12.1 Å². The topological polar surface area (TPSA) is 26.0 Å². The Labute approximate surface area is 218 Å². The lowest BCUT2D eigenvalue weighted by molar-refractivity contribution is 1.07. The zero-order valence-electron chi connectivity index (χ0n) is 21.0. The van der Waals surface area contributed by atoms with E-state index in [1.165, 1.54) is 49.4 Å². The third kappa shape index (κ3) is 5.10. The fraction of sp³-hybridized carbons (Fsp3) is 0.118. The molecule has 1 atom stereocenters. The van der Waals surface area contributed by atoms with E-state index in [0.29, 0.717) is 0 Å². The van der Waals surface area contributed by atoms with Crippen LogP contribution in [0.15, 0.2) is 121 Å². The van der Waals surface area contributed by atoms with Gasteiger partial charge in [0.25, 0.3) is 0 Å². The van der Waals surface area contributed by atoms with E-state index in [2.05, 4.69) is 117 Å². The highest BCUT2D eigenvalue weighted by atomic mass is 32.2. The van der Waals surface area contributed by atoms with Gasteiger partial charge in [0.15, 0.2) is 0 Å². The summed E-state index contributed by atoms with van der Waals surface area (Å²) in [6.45, 7) is 6.57. The minimum absolute atomic E-state index is 0.567. The van der Waals surface area contributed by atoms with E-state index >= 15 is 0 Å². The maximum absolute atomic E-state index is 6.22. The number of benzene rings is 4. The molecule has 0 saturated heterocycles. The van der Waals surface area contributed by atoms with Crippen molar-refractivity contribution in [2.24, 2.45) is 0 Å². The number of hydrogen-bond acceptors (Lipinski definition) is 1. The van der Waals surface area contributed by atoms with Crippen LogP contribution in [0.25, 0.3) is 27.2 Å². The van der Waals surface area contributed by atoms with Crippen molar-refractivity contribution < 1.29 is 0 Å². The molecule has 0 radical (unpaired) electrons. The standard InChI is InChI=1S/C34H33NS/c1-24-8-6-9-30(22-24)27-18-20-29(21-19-27)32-11-7-10-31(23-32)28-16-14-26(15-17-28)25(2)36(3)34-13-5-4-12-33(34)35/h4-18,20,22-23,36H,2,19,21,35H2,1,3H3. The van der Waals surface area contributed by atoms with Gasteiger partial charge < -0.3 is 5.73 Å². The summed E-state index contributed by atoms with van der Waals surface area (Å²) in [5.41, 5.74) is 17.5. The van der Waals surface area contributed by atoms with Crippen molar-refractivity contribution in [1.29, 1.82) is 0 Å². The van der Waals surface area contributed by atoms with Gasteiger partial charge in [0, 0.05) is 10.6 Å². The number of para-hydroxylation sites is 1. The quantitative estimate of drug-likeness (QED) is 0.206. The van der Waals surface area contributed by atoms with Gasteiger partial charge in [0.2, 0.25) is 0 Å². The zero-order valence-corrected chi connectivity index (χ0v) is 21.9. The van der Waals surface area contributed by atoms with Gasteiger partial charge in [0.05, 0.1) is 0 Å². The van der Waals surface area contributed by atoms with E-state index in [-0.39, 0.29) is 0 Å². The summed E-state index contributed by atoms with van der Waals surface area (Å²) < 4.78 is 0. The Balaban J connectivity index is 1.35. The molecule has 4 aromatic carbocycles. The molecule has 5 rings (SSSR count). The summed E-state index contributed by atoms with van der Waals surface area (Å²) in [5, 5.41) is 0. The molecule has 1 unspecified atom stereocenters. The normalized spacial score (nSPS) is 14.6. The third-order valence-electron chi connectivity index (χ3n) is 7.03. The Kier molecular flexibility index (Phi) is 6.97. The monoisotopic (exact) mass is 487 g/mol. The van der Waals surface area contributed by atoms with Crippen LogP contribution in [0.4, 0.5) is 5.69 Å². The number of hydrogen-bond donors (Lipinski definition) is 2. The summed E-state index contributed by atoms with van der Waals surface area (Å²) >= 11 is 0. The van der Waals surface area contributed by atoms with Gasteiger partial charge in [-0.3, -0.25) is 0 Å². The van der Waals surface area contributed by atoms with Crippen LogP contribution in [-0.4, -0.2) is 6.26 Å². The molecule has 0 fully saturated rings. The van der Waals surface area contributed by atoms with E-state index in [4.69, 9.17) is 5.73 Å². The van der Waals surface area contributed by atoms with Crippen LogP contribution >= 0.6 is 10.9 Å². The highest BCUT2D eigenvalue weighted by Crippen LogP contribution is 2.47. The predicted molar refractivity (Wildman–Crippen MR) is 161 cm³/mol. The van der Waals surface area contributed by atoms with Crippen molar-refractivity contribution in [3.8, 4) is 11.1 Å². The third-order valence-corrected chi connectivity index (χ3v) is 9.22. The van der Waals surface area contributed by atoms with Crippen molar-refractivity contribution in [2.45, 2.75) is 24.7 Å². The smallest absolute Gasteiger partial charge is 0.0437 e. The minimum Gasteiger partial charge on any atom is -0.398 e. The first-order valence-corrected chi connectivity index (χ1v) is 14.2. The number of nitrogens with two attached hydrogens (primary N) is 1. The summed E-state index contributed by atoms with van der Waals surface area (Å²) in [4.78, 5) is 2.33. The summed E-state index contributed by atoms with van der Waals surface area (Å²) in [5.74, 6) is 0. The second-order valence-corrected chi connectivity index (χ2v) is 11.6. The Morgan fingerprint density at radius 1 is 0.694 bits per heavy atom. The van der Waals surface area contributed by atoms with E-state index in [1.54, 1.807) is 0 Å². The molecule has 0 amide bonds. The van der Waals surface area contributed by atoms with Crippen molar-refractivity contribution in [1.82, 2.24) is 0 Å². The maximum Gasteiger partial charge on any atom is 0.0437 e. The average molecular weight is 488 g/mol. The molecule has 0 saturated carbocycles. The fourth-order valence-corrected chi connectivity index (χ4v) is 6.45. The minimum atomic E-state index is -0.567. The first kappa shape index (κ1) is 24.0. The van der Waals surface area contributed by atoms with Crippen LogP contribution in [0.2, 0.25) is 0 Å². The van der Waals surface area contributed by atoms with Crippen molar-refractivity contribution in [2.75, 3.05) is 12.0 Å². The Morgan fingerprint density at radius 3 is 1.94 bits per heavy atom. The summed E-state index contributed by atoms with van der Waals surface area (Å²) in [7, 11) is -0.567. The second-order valence-electron chi connectivity index (χ2n) is 9.48. The SMILES string of the molecule is C=C(c1ccc(-c2cccc(C3=CC=C(c4cccc(C)c4)CC3)c2)cc1)[SH](C)c1ccccc1N. The fourth-order valence-electron chi connectivity index (χ4n) is 4.85. The lowest BCUT2D eigenvalue weighted by Gasteiger charge is -2.21. The highest BCUT2D eigenvalue weighted by Gasteiger charge is 2.13. The van der Waals surface area contributed by atoms with Crippen molar-refractivity contribution in [3.63, 3.8) is 0 Å². The molecule has 2 N–H and O–H groups in total. The maximum atomic E-state index is 6.22. The molecule has 1 aliphatic carbocycles. The molecule has 36 heavy (non-hydrogen) atoms. The number of aryl methyl sites for hydroxylation is 1. The molecular formula is C34H33NS. The molecule has 1 nitrogen and oxygen atoms in total. The van der Waals surface area contributed by atoms with Gasteiger partial charge in [-0.05, 0) is 88.1 Å². The molecule has 0 bridgehead atoms. The Bertz CT molecular complexity index is 1470. The summed E-state index contributed by atoms with van der Waals surface area (Å²) in [6, 6.07) is 34.6. The molecular weight excluding hydrogens is 454 g/mol. The van der Waals surface area contributed by atoms with Gasteiger partial charge in [0.1, 0.15) is 0 Å². The first-order chi connectivity index (χ1) is 17.5. The van der Waals surface area contributed by atoms with Crippen LogP contribution in [-0.2, 0) is 0 Å². The molecule has 1 aliphatic rings. The van der Waals surface area contributed by atoms with Gasteiger partial charge in [-0.25, -0.2) is 10.9 Å². The molecule has 180 valence electrons. The molecule has 0 aliphatic heterocycles. The van der Waals surface area contributed by atoms with Gasteiger partial charge >= 0.3 is 0 Å².